The highest BCUT2D eigenvalue weighted by Gasteiger charge is 2.18. The topological polar surface area (TPSA) is 135 Å². The van der Waals surface area contributed by atoms with Crippen molar-refractivity contribution in [2.24, 2.45) is 0 Å². The van der Waals surface area contributed by atoms with Gasteiger partial charge < -0.3 is 39.4 Å². The van der Waals surface area contributed by atoms with Gasteiger partial charge in [0.1, 0.15) is 0 Å². The molecule has 0 aliphatic heterocycles. The lowest BCUT2D eigenvalue weighted by Gasteiger charge is -2.12. The molecule has 0 aliphatic carbocycles. The van der Waals surface area contributed by atoms with Crippen molar-refractivity contribution in [1.29, 1.82) is 0 Å². The quantitative estimate of drug-likeness (QED) is 0.477. The third-order valence-corrected chi connectivity index (χ3v) is 4.15. The second-order valence-corrected chi connectivity index (χ2v) is 5.87. The first-order valence-corrected chi connectivity index (χ1v) is 8.52. The maximum absolute atomic E-state index is 12.2. The first kappa shape index (κ1) is 22.3. The van der Waals surface area contributed by atoms with Crippen LogP contribution in [-0.4, -0.2) is 54.6 Å². The maximum atomic E-state index is 12.2. The highest BCUT2D eigenvalue weighted by atomic mass is 16.5. The summed E-state index contributed by atoms with van der Waals surface area (Å²) in [6.45, 7) is 0. The van der Waals surface area contributed by atoms with Crippen molar-refractivity contribution in [3.63, 3.8) is 0 Å². The highest BCUT2D eigenvalue weighted by Crippen LogP contribution is 2.46. The van der Waals surface area contributed by atoms with Crippen LogP contribution >= 0.6 is 0 Å². The number of carbonyl (C=O) groups excluding carboxylic acids is 1. The Morgan fingerprint density at radius 3 is 1.33 bits per heavy atom. The summed E-state index contributed by atoms with van der Waals surface area (Å²) in [4.78, 5) is 12.2. The molecule has 2 aromatic carbocycles. The number of hydrogen-bond donors (Lipinski definition) is 4. The zero-order valence-electron chi connectivity index (χ0n) is 16.8. The molecule has 0 bridgehead atoms. The number of carbonyl (C=O) groups is 1. The van der Waals surface area contributed by atoms with Crippen molar-refractivity contribution in [2.45, 2.75) is 0 Å². The van der Waals surface area contributed by atoms with Gasteiger partial charge >= 0.3 is 0 Å². The van der Waals surface area contributed by atoms with Crippen LogP contribution in [0.5, 0.6) is 46.0 Å². The van der Waals surface area contributed by atoms with E-state index in [2.05, 4.69) is 0 Å². The Kier molecular flexibility index (Phi) is 7.03. The predicted molar refractivity (Wildman–Crippen MR) is 109 cm³/mol. The number of phenolic OH excluding ortho intramolecular Hbond substituents is 4. The molecule has 4 N–H and O–H groups in total. The van der Waals surface area contributed by atoms with Gasteiger partial charge in [-0.05, 0) is 36.4 Å². The molecule has 30 heavy (non-hydrogen) atoms. The Balaban J connectivity index is 2.33. The Morgan fingerprint density at radius 1 is 0.667 bits per heavy atom. The second kappa shape index (κ2) is 9.46. The van der Waals surface area contributed by atoms with E-state index in [-0.39, 0.29) is 57.1 Å². The van der Waals surface area contributed by atoms with Crippen LogP contribution in [0.15, 0.2) is 24.3 Å². The van der Waals surface area contributed by atoms with E-state index in [1.165, 1.54) is 52.7 Å². The van der Waals surface area contributed by atoms with E-state index in [9.17, 15) is 25.2 Å². The maximum Gasteiger partial charge on any atom is 0.207 e. The van der Waals surface area contributed by atoms with Crippen molar-refractivity contribution in [3.8, 4) is 46.0 Å². The standard InChI is InChI=1S/C21H22O9/c1-27-14-9-11(16(23)20(29-3)18(14)25)5-7-13(22)8-6-12-10-15(28-2)19(26)21(30-4)17(12)24/h5-10,23-26H,1-4H3/b7-5+,8-6+. The van der Waals surface area contributed by atoms with Crippen molar-refractivity contribution in [3.05, 3.63) is 35.4 Å². The number of hydrogen-bond acceptors (Lipinski definition) is 9. The molecule has 0 atom stereocenters. The van der Waals surface area contributed by atoms with Gasteiger partial charge in [-0.15, -0.1) is 0 Å². The predicted octanol–water partition coefficient (Wildman–Crippen LogP) is 2.84. The zero-order chi connectivity index (χ0) is 22.4. The summed E-state index contributed by atoms with van der Waals surface area (Å²) in [5.74, 6) is -2.22. The normalized spacial score (nSPS) is 11.1. The fourth-order valence-corrected chi connectivity index (χ4v) is 2.62. The highest BCUT2D eigenvalue weighted by molar-refractivity contribution is 6.05. The number of rotatable bonds is 8. The lowest BCUT2D eigenvalue weighted by atomic mass is 10.1. The minimum atomic E-state index is -0.481. The number of ketones is 1. The molecule has 2 aromatic rings. The van der Waals surface area contributed by atoms with E-state index in [1.54, 1.807) is 0 Å². The lowest BCUT2D eigenvalue weighted by Crippen LogP contribution is -1.93. The number of allylic oxidation sites excluding steroid dienone is 2. The molecule has 160 valence electrons. The minimum absolute atomic E-state index is 0.0560. The molecule has 0 heterocycles. The minimum Gasteiger partial charge on any atom is -0.504 e. The Bertz CT molecular complexity index is 927. The van der Waals surface area contributed by atoms with E-state index in [4.69, 9.17) is 18.9 Å². The molecular weight excluding hydrogens is 396 g/mol. The summed E-state index contributed by atoms with van der Waals surface area (Å²) >= 11 is 0. The fraction of sp³-hybridized carbons (Fsp3) is 0.190. The van der Waals surface area contributed by atoms with E-state index < -0.39 is 5.78 Å². The molecule has 0 amide bonds. The number of methoxy groups -OCH3 is 4. The van der Waals surface area contributed by atoms with E-state index >= 15 is 0 Å². The van der Waals surface area contributed by atoms with Gasteiger partial charge in [-0.2, -0.15) is 0 Å². The summed E-state index contributed by atoms with van der Waals surface area (Å²) in [5, 5.41) is 40.2. The molecule has 0 aromatic heterocycles. The van der Waals surface area contributed by atoms with Gasteiger partial charge in [0.15, 0.2) is 28.8 Å². The average molecular weight is 418 g/mol. The Hall–Kier alpha value is -4.01. The van der Waals surface area contributed by atoms with Crippen LogP contribution in [0.4, 0.5) is 0 Å². The molecule has 9 nitrogen and oxygen atoms in total. The molecule has 0 aliphatic rings. The summed E-state index contributed by atoms with van der Waals surface area (Å²) in [5.41, 5.74) is 0.359. The van der Waals surface area contributed by atoms with Gasteiger partial charge in [0.2, 0.25) is 23.0 Å². The van der Waals surface area contributed by atoms with E-state index in [1.807, 2.05) is 0 Å². The molecule has 0 spiro atoms. The van der Waals surface area contributed by atoms with E-state index in [0.717, 1.165) is 12.2 Å². The van der Waals surface area contributed by atoms with Crippen molar-refractivity contribution in [1.82, 2.24) is 0 Å². The van der Waals surface area contributed by atoms with Gasteiger partial charge in [0.25, 0.3) is 0 Å². The molecular formula is C21H22O9. The number of phenols is 4. The van der Waals surface area contributed by atoms with E-state index in [0.29, 0.717) is 0 Å². The van der Waals surface area contributed by atoms with Crippen molar-refractivity contribution in [2.75, 3.05) is 28.4 Å². The SMILES string of the molecule is COc1cc(/C=C/C(=O)/C=C/c2cc(OC)c(O)c(OC)c2O)c(O)c(OC)c1O. The molecule has 0 radical (unpaired) electrons. The van der Waals surface area contributed by atoms with Crippen LogP contribution < -0.4 is 18.9 Å². The second-order valence-electron chi connectivity index (χ2n) is 5.87. The smallest absolute Gasteiger partial charge is 0.207 e. The Morgan fingerprint density at radius 2 is 1.03 bits per heavy atom. The van der Waals surface area contributed by atoms with Crippen LogP contribution in [0.2, 0.25) is 0 Å². The molecule has 0 unspecified atom stereocenters. The lowest BCUT2D eigenvalue weighted by molar-refractivity contribution is -0.110. The molecule has 0 fully saturated rings. The summed E-state index contributed by atoms with van der Waals surface area (Å²) in [6, 6.07) is 2.67. The number of benzene rings is 2. The van der Waals surface area contributed by atoms with Gasteiger partial charge in [0.05, 0.1) is 28.4 Å². The van der Waals surface area contributed by atoms with Crippen LogP contribution in [0, 0.1) is 0 Å². The van der Waals surface area contributed by atoms with Crippen molar-refractivity contribution >= 4 is 17.9 Å². The molecule has 2 rings (SSSR count). The fourth-order valence-electron chi connectivity index (χ4n) is 2.62. The number of aromatic hydroxyl groups is 4. The summed E-state index contributed by atoms with van der Waals surface area (Å²) in [7, 11) is 5.20. The largest absolute Gasteiger partial charge is 0.504 e. The average Bonchev–Trinajstić information content (AvgIpc) is 2.73. The van der Waals surface area contributed by atoms with Gasteiger partial charge in [0, 0.05) is 11.1 Å². The molecule has 0 saturated carbocycles. The zero-order valence-corrected chi connectivity index (χ0v) is 16.8. The first-order chi connectivity index (χ1) is 14.3. The van der Waals surface area contributed by atoms with Gasteiger partial charge in [-0.1, -0.05) is 0 Å². The van der Waals surface area contributed by atoms with Crippen LogP contribution in [0.3, 0.4) is 0 Å². The van der Waals surface area contributed by atoms with Gasteiger partial charge in [-0.3, -0.25) is 4.79 Å². The van der Waals surface area contributed by atoms with Crippen LogP contribution in [0.1, 0.15) is 11.1 Å². The molecule has 0 saturated heterocycles. The van der Waals surface area contributed by atoms with Gasteiger partial charge in [-0.25, -0.2) is 0 Å². The third-order valence-electron chi connectivity index (χ3n) is 4.15. The third kappa shape index (κ3) is 4.35. The number of ether oxygens (including phenoxy) is 4. The monoisotopic (exact) mass is 418 g/mol. The van der Waals surface area contributed by atoms with Crippen LogP contribution in [-0.2, 0) is 4.79 Å². The summed E-state index contributed by atoms with van der Waals surface area (Å²) in [6.07, 6.45) is 4.94. The summed E-state index contributed by atoms with van der Waals surface area (Å²) < 4.78 is 19.9. The van der Waals surface area contributed by atoms with Crippen LogP contribution in [0.25, 0.3) is 12.2 Å². The van der Waals surface area contributed by atoms with Crippen molar-refractivity contribution < 1.29 is 44.2 Å². The molecule has 9 heteroatoms. The Labute approximate surface area is 172 Å². The first-order valence-electron chi connectivity index (χ1n) is 8.52.